The molecule has 0 bridgehead atoms. The smallest absolute Gasteiger partial charge is 0.489 e. The molecule has 0 spiro atoms. The minimum Gasteiger partial charge on any atom is -0.491 e. The number of nitrogen functional groups attached to an aromatic ring is 1. The van der Waals surface area contributed by atoms with Gasteiger partial charge in [0.1, 0.15) is 5.75 Å². The first-order valence-corrected chi connectivity index (χ1v) is 6.12. The molecule has 5 heteroatoms. The molecule has 2 aromatic carbocycles. The second-order valence-corrected chi connectivity index (χ2v) is 4.12. The monoisotopic (exact) mass is 257 g/mol. The molecule has 0 atom stereocenters. The number of nitrogens with two attached hydrogens (primary N) is 1. The van der Waals surface area contributed by atoms with Gasteiger partial charge in [-0.15, -0.1) is 0 Å². The molecule has 0 saturated heterocycles. The SMILES string of the molecule is CCOc1c(N)cccc1-c1ccccc1B(O)O. The number of hydrogen-bond donors (Lipinski definition) is 3. The predicted octanol–water partition coefficient (Wildman–Crippen LogP) is 1.01. The Balaban J connectivity index is 2.62. The van der Waals surface area contributed by atoms with E-state index in [4.69, 9.17) is 10.5 Å². The Morgan fingerprint density at radius 1 is 1.05 bits per heavy atom. The topological polar surface area (TPSA) is 75.7 Å². The highest BCUT2D eigenvalue weighted by Crippen LogP contribution is 2.34. The van der Waals surface area contributed by atoms with Gasteiger partial charge in [0.2, 0.25) is 0 Å². The van der Waals surface area contributed by atoms with Crippen LogP contribution < -0.4 is 15.9 Å². The zero-order valence-corrected chi connectivity index (χ0v) is 10.7. The fourth-order valence-electron chi connectivity index (χ4n) is 2.04. The van der Waals surface area contributed by atoms with Crippen molar-refractivity contribution >= 4 is 18.3 Å². The Morgan fingerprint density at radius 3 is 2.42 bits per heavy atom. The third-order valence-electron chi connectivity index (χ3n) is 2.86. The molecule has 0 heterocycles. The van der Waals surface area contributed by atoms with Crippen LogP contribution in [-0.4, -0.2) is 23.8 Å². The maximum atomic E-state index is 9.44. The van der Waals surface area contributed by atoms with Crippen LogP contribution in [0, 0.1) is 0 Å². The van der Waals surface area contributed by atoms with Crippen LogP contribution in [0.5, 0.6) is 5.75 Å². The minimum atomic E-state index is -1.54. The molecule has 0 radical (unpaired) electrons. The molecule has 0 aromatic heterocycles. The molecule has 4 N–H and O–H groups in total. The van der Waals surface area contributed by atoms with Crippen molar-refractivity contribution in [1.29, 1.82) is 0 Å². The van der Waals surface area contributed by atoms with Gasteiger partial charge in [0.25, 0.3) is 0 Å². The Bertz CT molecular complexity index is 572. The van der Waals surface area contributed by atoms with E-state index in [-0.39, 0.29) is 0 Å². The Hall–Kier alpha value is -1.98. The fourth-order valence-corrected chi connectivity index (χ4v) is 2.04. The summed E-state index contributed by atoms with van der Waals surface area (Å²) in [5.41, 5.74) is 8.33. The van der Waals surface area contributed by atoms with Gasteiger partial charge in [0, 0.05) is 5.56 Å². The van der Waals surface area contributed by atoms with Gasteiger partial charge in [-0.25, -0.2) is 0 Å². The van der Waals surface area contributed by atoms with Gasteiger partial charge in [-0.2, -0.15) is 0 Å². The summed E-state index contributed by atoms with van der Waals surface area (Å²) in [6.07, 6.45) is 0. The van der Waals surface area contributed by atoms with Crippen molar-refractivity contribution in [3.8, 4) is 16.9 Å². The molecular weight excluding hydrogens is 241 g/mol. The molecule has 0 unspecified atom stereocenters. The van der Waals surface area contributed by atoms with Crippen molar-refractivity contribution in [2.75, 3.05) is 12.3 Å². The van der Waals surface area contributed by atoms with Crippen molar-refractivity contribution in [2.45, 2.75) is 6.92 Å². The highest BCUT2D eigenvalue weighted by atomic mass is 16.5. The number of ether oxygens (including phenoxy) is 1. The van der Waals surface area contributed by atoms with Crippen LogP contribution in [-0.2, 0) is 0 Å². The van der Waals surface area contributed by atoms with Gasteiger partial charge in [-0.05, 0) is 24.0 Å². The zero-order valence-electron chi connectivity index (χ0n) is 10.7. The molecule has 4 nitrogen and oxygen atoms in total. The molecule has 0 amide bonds. The third-order valence-corrected chi connectivity index (χ3v) is 2.86. The molecule has 2 rings (SSSR count). The summed E-state index contributed by atoms with van der Waals surface area (Å²) < 4.78 is 5.57. The average molecular weight is 257 g/mol. The number of anilines is 1. The number of hydrogen-bond acceptors (Lipinski definition) is 4. The largest absolute Gasteiger partial charge is 0.491 e. The van der Waals surface area contributed by atoms with Crippen LogP contribution in [0.2, 0.25) is 0 Å². The number of benzene rings is 2. The molecule has 0 saturated carbocycles. The zero-order chi connectivity index (χ0) is 13.8. The molecule has 19 heavy (non-hydrogen) atoms. The molecule has 0 fully saturated rings. The van der Waals surface area contributed by atoms with Gasteiger partial charge in [-0.1, -0.05) is 36.4 Å². The lowest BCUT2D eigenvalue weighted by molar-refractivity contribution is 0.343. The van der Waals surface area contributed by atoms with E-state index >= 15 is 0 Å². The Kier molecular flexibility index (Phi) is 4.09. The fraction of sp³-hybridized carbons (Fsp3) is 0.143. The van der Waals surface area contributed by atoms with Crippen LogP contribution in [0.1, 0.15) is 6.92 Å². The van der Waals surface area contributed by atoms with Gasteiger partial charge < -0.3 is 20.5 Å². The summed E-state index contributed by atoms with van der Waals surface area (Å²) in [6, 6.07) is 12.5. The van der Waals surface area contributed by atoms with Crippen molar-refractivity contribution in [2.24, 2.45) is 0 Å². The second-order valence-electron chi connectivity index (χ2n) is 4.12. The highest BCUT2D eigenvalue weighted by Gasteiger charge is 2.19. The van der Waals surface area contributed by atoms with Crippen molar-refractivity contribution in [3.63, 3.8) is 0 Å². The summed E-state index contributed by atoms with van der Waals surface area (Å²) in [5, 5.41) is 18.9. The van der Waals surface area contributed by atoms with E-state index in [1.54, 1.807) is 18.2 Å². The predicted molar refractivity (Wildman–Crippen MR) is 77.3 cm³/mol. The summed E-state index contributed by atoms with van der Waals surface area (Å²) in [5.74, 6) is 0.568. The van der Waals surface area contributed by atoms with E-state index in [2.05, 4.69) is 0 Å². The second kappa shape index (κ2) is 5.78. The molecular formula is C14H16BNO3. The van der Waals surface area contributed by atoms with E-state index in [0.717, 1.165) is 5.56 Å². The third kappa shape index (κ3) is 2.72. The van der Waals surface area contributed by atoms with Crippen LogP contribution in [0.25, 0.3) is 11.1 Å². The van der Waals surface area contributed by atoms with Crippen molar-refractivity contribution < 1.29 is 14.8 Å². The molecule has 0 aliphatic heterocycles. The van der Waals surface area contributed by atoms with E-state index in [0.29, 0.717) is 29.1 Å². The highest BCUT2D eigenvalue weighted by molar-refractivity contribution is 6.60. The summed E-state index contributed by atoms with van der Waals surface area (Å²) in [7, 11) is -1.54. The molecule has 0 aliphatic carbocycles. The number of rotatable bonds is 4. The van der Waals surface area contributed by atoms with Crippen molar-refractivity contribution in [3.05, 3.63) is 42.5 Å². The molecule has 2 aromatic rings. The van der Waals surface area contributed by atoms with Crippen LogP contribution >= 0.6 is 0 Å². The number of para-hydroxylation sites is 1. The summed E-state index contributed by atoms with van der Waals surface area (Å²) >= 11 is 0. The Morgan fingerprint density at radius 2 is 1.74 bits per heavy atom. The molecule has 98 valence electrons. The van der Waals surface area contributed by atoms with E-state index in [9.17, 15) is 10.0 Å². The lowest BCUT2D eigenvalue weighted by atomic mass is 9.75. The van der Waals surface area contributed by atoms with Gasteiger partial charge in [0.05, 0.1) is 12.3 Å². The van der Waals surface area contributed by atoms with Crippen LogP contribution in [0.3, 0.4) is 0 Å². The summed E-state index contributed by atoms with van der Waals surface area (Å²) in [6.45, 7) is 2.37. The minimum absolute atomic E-state index is 0.425. The van der Waals surface area contributed by atoms with Gasteiger partial charge >= 0.3 is 7.12 Å². The lowest BCUT2D eigenvalue weighted by Crippen LogP contribution is -2.31. The van der Waals surface area contributed by atoms with Crippen molar-refractivity contribution in [1.82, 2.24) is 0 Å². The van der Waals surface area contributed by atoms with Crippen LogP contribution in [0.4, 0.5) is 5.69 Å². The average Bonchev–Trinajstić information content (AvgIpc) is 2.41. The Labute approximate surface area is 112 Å². The first kappa shape index (κ1) is 13.5. The molecule has 0 aliphatic rings. The standard InChI is InChI=1S/C14H16BNO3/c1-2-19-14-11(7-5-9-13(14)16)10-6-3-4-8-12(10)15(17)18/h3-9,17-18H,2,16H2,1H3. The van der Waals surface area contributed by atoms with E-state index < -0.39 is 7.12 Å². The van der Waals surface area contributed by atoms with Gasteiger partial charge in [0.15, 0.2) is 0 Å². The first-order valence-electron chi connectivity index (χ1n) is 6.12. The van der Waals surface area contributed by atoms with E-state index in [1.165, 1.54) is 0 Å². The first-order chi connectivity index (χ1) is 9.15. The van der Waals surface area contributed by atoms with Crippen LogP contribution in [0.15, 0.2) is 42.5 Å². The van der Waals surface area contributed by atoms with Gasteiger partial charge in [-0.3, -0.25) is 0 Å². The maximum absolute atomic E-state index is 9.44. The normalized spacial score (nSPS) is 10.3. The quantitative estimate of drug-likeness (QED) is 0.564. The maximum Gasteiger partial charge on any atom is 0.489 e. The van der Waals surface area contributed by atoms with E-state index in [1.807, 2.05) is 31.2 Å². The lowest BCUT2D eigenvalue weighted by Gasteiger charge is -2.15. The summed E-state index contributed by atoms with van der Waals surface area (Å²) in [4.78, 5) is 0.